The zero-order valence-corrected chi connectivity index (χ0v) is 33.4. The maximum atomic E-state index is 12.6. The lowest BCUT2D eigenvalue weighted by Gasteiger charge is -2.64. The average molecular weight is 811 g/mol. The summed E-state index contributed by atoms with van der Waals surface area (Å²) in [5.41, 5.74) is 0.128. The molecule has 0 aromatic heterocycles. The van der Waals surface area contributed by atoms with E-state index in [9.17, 15) is 35.1 Å². The van der Waals surface area contributed by atoms with E-state index >= 15 is 0 Å². The summed E-state index contributed by atoms with van der Waals surface area (Å²) >= 11 is 0. The van der Waals surface area contributed by atoms with Crippen LogP contribution in [-0.2, 0) is 42.7 Å². The normalized spacial score (nSPS) is 52.5. The van der Waals surface area contributed by atoms with Crippen LogP contribution in [0.2, 0.25) is 0 Å². The summed E-state index contributed by atoms with van der Waals surface area (Å²) in [5, 5.41) is 63.9. The molecule has 3 saturated heterocycles. The van der Waals surface area contributed by atoms with E-state index in [1.807, 2.05) is 6.92 Å². The first-order valence-electron chi connectivity index (χ1n) is 21.1. The molecule has 2 unspecified atom stereocenters. The molecular weight excluding hydrogens is 748 g/mol. The first-order chi connectivity index (χ1) is 27.0. The SMILES string of the molecule is C[C@H]1O[C@@H](O[C@H]2CC[C@]3(C)C4CC[C@]5(C)[C@@H](C6=CC(=O)OC6)CC[C@]5(O)C4CC[C@@H]3C2)C[C@H](O)[C@@H]1O[C@H]1C[C@H](O)[C@H](O[C@H]2C[C@H](OC(=O)O)[C@H](O)[C@@H](O)O2)[C@@H](C)O1. The molecule has 0 spiro atoms. The molecule has 4 aliphatic heterocycles. The van der Waals surface area contributed by atoms with Crippen LogP contribution in [0.25, 0.3) is 0 Å². The van der Waals surface area contributed by atoms with Gasteiger partial charge in [0.2, 0.25) is 0 Å². The highest BCUT2D eigenvalue weighted by Crippen LogP contribution is 2.70. The predicted molar refractivity (Wildman–Crippen MR) is 195 cm³/mol. The monoisotopic (exact) mass is 810 g/mol. The highest BCUT2D eigenvalue weighted by Gasteiger charge is 2.68. The Labute approximate surface area is 333 Å². The largest absolute Gasteiger partial charge is 0.506 e. The molecule has 4 saturated carbocycles. The fourth-order valence-electron chi connectivity index (χ4n) is 12.8. The standard InChI is InChI=1S/C41H62O16/c1-19-35(55-32-16-28(43)36(20(2)52-32)56-33-17-29(54-38(47)48)34(45)37(46)57-33)27(42)15-31(51-19)53-23-7-10-39(3)22(14-23)5-6-26-25(39)8-11-40(4)24(9-12-41(26,40)49)21-13-30(44)50-18-21/h13,19-20,22-29,31-37,42-43,45-46,49H,5-12,14-18H2,1-4H3,(H,47,48)/t19-,20-,22-,23+,24-,25?,26?,27+,28+,29+,31+,32+,33-,34+,35-,36-,37+,39+,40-,41+/m1/s1. The number of aliphatic hydroxyl groups excluding tert-OH is 4. The number of hydrogen-bond donors (Lipinski definition) is 6. The number of ether oxygens (including phenoxy) is 8. The fraction of sp³-hybridized carbons (Fsp3) is 0.902. The number of carbonyl (C=O) groups excluding carboxylic acids is 1. The molecule has 16 nitrogen and oxygen atoms in total. The van der Waals surface area contributed by atoms with Gasteiger partial charge in [0.15, 0.2) is 25.2 Å². The number of aliphatic hydroxyl groups is 5. The Morgan fingerprint density at radius 2 is 1.42 bits per heavy atom. The van der Waals surface area contributed by atoms with Crippen LogP contribution in [0.4, 0.5) is 4.79 Å². The Morgan fingerprint density at radius 3 is 2.04 bits per heavy atom. The van der Waals surface area contributed by atoms with Crippen LogP contribution in [0, 0.1) is 34.5 Å². The topological polar surface area (TPSA) is 229 Å². The van der Waals surface area contributed by atoms with Gasteiger partial charge in [-0.25, -0.2) is 9.59 Å². The number of fused-ring (bicyclic) bond motifs is 5. The van der Waals surface area contributed by atoms with E-state index in [2.05, 4.69) is 18.6 Å². The summed E-state index contributed by atoms with van der Waals surface area (Å²) in [5.74, 6) is 1.02. The quantitative estimate of drug-likeness (QED) is 0.153. The molecule has 6 N–H and O–H groups in total. The molecule has 0 amide bonds. The lowest BCUT2D eigenvalue weighted by atomic mass is 9.43. The number of esters is 1. The molecule has 8 aliphatic rings. The van der Waals surface area contributed by atoms with Gasteiger partial charge in [-0.2, -0.15) is 0 Å². The third kappa shape index (κ3) is 7.57. The molecule has 322 valence electrons. The van der Waals surface area contributed by atoms with Gasteiger partial charge in [-0.1, -0.05) is 13.8 Å². The van der Waals surface area contributed by atoms with Gasteiger partial charge in [0.05, 0.1) is 36.1 Å². The Kier molecular flexibility index (Phi) is 11.6. The first-order valence-corrected chi connectivity index (χ1v) is 21.1. The van der Waals surface area contributed by atoms with Gasteiger partial charge in [-0.05, 0) is 106 Å². The summed E-state index contributed by atoms with van der Waals surface area (Å²) in [7, 11) is 0. The van der Waals surface area contributed by atoms with E-state index in [-0.39, 0.29) is 54.0 Å². The van der Waals surface area contributed by atoms with Crippen molar-refractivity contribution in [3.05, 3.63) is 11.6 Å². The summed E-state index contributed by atoms with van der Waals surface area (Å²) in [6, 6.07) is 0. The van der Waals surface area contributed by atoms with Gasteiger partial charge in [0.1, 0.15) is 31.0 Å². The van der Waals surface area contributed by atoms with E-state index in [1.54, 1.807) is 13.0 Å². The van der Waals surface area contributed by atoms with Crippen molar-refractivity contribution in [2.24, 2.45) is 34.5 Å². The number of carbonyl (C=O) groups is 2. The number of carboxylic acid groups (broad SMARTS) is 1. The van der Waals surface area contributed by atoms with Crippen molar-refractivity contribution >= 4 is 12.1 Å². The van der Waals surface area contributed by atoms with Crippen molar-refractivity contribution in [3.63, 3.8) is 0 Å². The van der Waals surface area contributed by atoms with E-state index in [0.717, 1.165) is 63.4 Å². The second kappa shape index (κ2) is 15.8. The Morgan fingerprint density at radius 1 is 0.772 bits per heavy atom. The molecule has 16 heteroatoms. The van der Waals surface area contributed by atoms with E-state index in [4.69, 9.17) is 38.3 Å². The Hall–Kier alpha value is -1.96. The maximum absolute atomic E-state index is 12.6. The van der Waals surface area contributed by atoms with E-state index in [1.165, 1.54) is 0 Å². The Balaban J connectivity index is 0.819. The van der Waals surface area contributed by atoms with Gasteiger partial charge in [0, 0.05) is 30.8 Å². The molecule has 0 aromatic carbocycles. The average Bonchev–Trinajstić information content (AvgIpc) is 3.69. The predicted octanol–water partition coefficient (Wildman–Crippen LogP) is 2.88. The van der Waals surface area contributed by atoms with Crippen molar-refractivity contribution in [2.75, 3.05) is 6.61 Å². The van der Waals surface area contributed by atoms with Crippen molar-refractivity contribution in [3.8, 4) is 0 Å². The van der Waals surface area contributed by atoms with Gasteiger partial charge in [0.25, 0.3) is 0 Å². The fourth-order valence-corrected chi connectivity index (χ4v) is 12.8. The lowest BCUT2D eigenvalue weighted by molar-refractivity contribution is -0.351. The van der Waals surface area contributed by atoms with E-state index in [0.29, 0.717) is 18.4 Å². The van der Waals surface area contributed by atoms with Crippen LogP contribution < -0.4 is 0 Å². The molecule has 7 fully saturated rings. The smallest absolute Gasteiger partial charge is 0.458 e. The second-order valence-electron chi connectivity index (χ2n) is 18.8. The van der Waals surface area contributed by atoms with Gasteiger partial charge in [-0.3, -0.25) is 0 Å². The van der Waals surface area contributed by atoms with Crippen LogP contribution in [0.3, 0.4) is 0 Å². The molecule has 4 heterocycles. The van der Waals surface area contributed by atoms with Crippen molar-refractivity contribution in [1.29, 1.82) is 0 Å². The highest BCUT2D eigenvalue weighted by molar-refractivity contribution is 5.85. The minimum Gasteiger partial charge on any atom is -0.458 e. The lowest BCUT2D eigenvalue weighted by Crippen LogP contribution is -2.62. The van der Waals surface area contributed by atoms with E-state index < -0.39 is 85.7 Å². The zero-order valence-electron chi connectivity index (χ0n) is 33.4. The molecule has 0 radical (unpaired) electrons. The van der Waals surface area contributed by atoms with Crippen LogP contribution in [0.1, 0.15) is 105 Å². The first kappa shape index (κ1) is 41.8. The van der Waals surface area contributed by atoms with Crippen LogP contribution >= 0.6 is 0 Å². The molecular formula is C41H62O16. The van der Waals surface area contributed by atoms with Crippen LogP contribution in [-0.4, -0.2) is 135 Å². The van der Waals surface area contributed by atoms with Crippen LogP contribution in [0.5, 0.6) is 0 Å². The number of rotatable bonds is 8. The van der Waals surface area contributed by atoms with Gasteiger partial charge < -0.3 is 68.5 Å². The minimum atomic E-state index is -1.75. The van der Waals surface area contributed by atoms with Crippen molar-refractivity contribution in [2.45, 2.75) is 190 Å². The zero-order chi connectivity index (χ0) is 40.6. The minimum absolute atomic E-state index is 0.00676. The molecule has 0 bridgehead atoms. The highest BCUT2D eigenvalue weighted by atomic mass is 16.8. The van der Waals surface area contributed by atoms with Gasteiger partial charge in [-0.15, -0.1) is 0 Å². The summed E-state index contributed by atoms with van der Waals surface area (Å²) in [4.78, 5) is 23.0. The number of cyclic esters (lactones) is 1. The van der Waals surface area contributed by atoms with Gasteiger partial charge >= 0.3 is 12.1 Å². The summed E-state index contributed by atoms with van der Waals surface area (Å²) in [6.07, 6.45) is -3.82. The molecule has 8 rings (SSSR count). The number of hydrogen-bond acceptors (Lipinski definition) is 15. The third-order valence-electron chi connectivity index (χ3n) is 15.8. The van der Waals surface area contributed by atoms with Crippen molar-refractivity contribution < 1.29 is 78.1 Å². The second-order valence-corrected chi connectivity index (χ2v) is 18.8. The third-order valence-corrected chi connectivity index (χ3v) is 15.8. The molecule has 4 aliphatic carbocycles. The summed E-state index contributed by atoms with van der Waals surface area (Å²) < 4.78 is 46.2. The maximum Gasteiger partial charge on any atom is 0.506 e. The Bertz CT molecular complexity index is 1500. The summed E-state index contributed by atoms with van der Waals surface area (Å²) in [6.45, 7) is 8.52. The molecule has 57 heavy (non-hydrogen) atoms. The van der Waals surface area contributed by atoms with Crippen LogP contribution in [0.15, 0.2) is 11.6 Å². The molecule has 20 atom stereocenters. The molecule has 0 aromatic rings. The van der Waals surface area contributed by atoms with Crippen molar-refractivity contribution in [1.82, 2.24) is 0 Å².